The van der Waals surface area contributed by atoms with Crippen LogP contribution in [0.1, 0.15) is 22.3 Å². The minimum atomic E-state index is -1.13. The van der Waals surface area contributed by atoms with Crippen LogP contribution in [0.25, 0.3) is 16.6 Å². The molecule has 0 radical (unpaired) electrons. The number of H-pyrrole nitrogens is 1. The third-order valence-corrected chi connectivity index (χ3v) is 4.53. The quantitative estimate of drug-likeness (QED) is 0.472. The second-order valence-corrected chi connectivity index (χ2v) is 6.37. The van der Waals surface area contributed by atoms with Gasteiger partial charge in [0.05, 0.1) is 18.5 Å². The zero-order valence-corrected chi connectivity index (χ0v) is 14.9. The Morgan fingerprint density at radius 3 is 2.75 bits per heavy atom. The molecule has 0 aliphatic heterocycles. The van der Waals surface area contributed by atoms with Crippen LogP contribution in [-0.4, -0.2) is 32.4 Å². The highest BCUT2D eigenvalue weighted by atomic mass is 19.1. The maximum atomic E-state index is 13.2. The number of hydrogen-bond acceptors (Lipinski definition) is 3. The van der Waals surface area contributed by atoms with Crippen molar-refractivity contribution in [1.29, 1.82) is 0 Å². The van der Waals surface area contributed by atoms with E-state index in [1.54, 1.807) is 0 Å². The number of aryl methyl sites for hydroxylation is 1. The van der Waals surface area contributed by atoms with Gasteiger partial charge in [-0.15, -0.1) is 0 Å². The van der Waals surface area contributed by atoms with Crippen molar-refractivity contribution in [2.45, 2.75) is 12.8 Å². The lowest BCUT2D eigenvalue weighted by Crippen LogP contribution is -2.08. The first-order valence-corrected chi connectivity index (χ1v) is 8.88. The number of aromatic amines is 1. The molecule has 6 nitrogen and oxygen atoms in total. The molecule has 0 saturated carbocycles. The monoisotopic (exact) mass is 379 g/mol. The van der Waals surface area contributed by atoms with Gasteiger partial charge in [0.25, 0.3) is 0 Å². The van der Waals surface area contributed by atoms with Crippen LogP contribution in [-0.2, 0) is 6.42 Å². The molecule has 28 heavy (non-hydrogen) atoms. The van der Waals surface area contributed by atoms with Crippen LogP contribution in [0.3, 0.4) is 0 Å². The number of fused-ring (bicyclic) bond motifs is 1. The van der Waals surface area contributed by atoms with Gasteiger partial charge in [0.2, 0.25) is 5.88 Å². The Bertz CT molecular complexity index is 1120. The van der Waals surface area contributed by atoms with Crippen molar-refractivity contribution >= 4 is 16.9 Å². The number of carboxylic acid groups (broad SMARTS) is 1. The smallest absolute Gasteiger partial charge is 0.342 e. The maximum Gasteiger partial charge on any atom is 0.342 e. The molecule has 0 aliphatic rings. The molecule has 0 unspecified atom stereocenters. The molecule has 142 valence electrons. The van der Waals surface area contributed by atoms with E-state index in [-0.39, 0.29) is 17.3 Å². The van der Waals surface area contributed by atoms with E-state index in [0.717, 1.165) is 11.9 Å². The number of para-hydroxylation sites is 1. The fourth-order valence-corrected chi connectivity index (χ4v) is 3.16. The highest BCUT2D eigenvalue weighted by Crippen LogP contribution is 2.24. The Hall–Kier alpha value is -3.61. The van der Waals surface area contributed by atoms with E-state index < -0.39 is 5.97 Å². The molecule has 2 aromatic carbocycles. The minimum absolute atomic E-state index is 0.0311. The second-order valence-electron chi connectivity index (χ2n) is 6.37. The van der Waals surface area contributed by atoms with Crippen molar-refractivity contribution in [3.63, 3.8) is 0 Å². The number of aromatic nitrogens is 3. The number of ether oxygens (including phenoxy) is 1. The van der Waals surface area contributed by atoms with E-state index in [0.29, 0.717) is 18.7 Å². The Kier molecular flexibility index (Phi) is 4.80. The van der Waals surface area contributed by atoms with E-state index in [4.69, 9.17) is 4.74 Å². The normalized spacial score (nSPS) is 11.0. The van der Waals surface area contributed by atoms with E-state index in [9.17, 15) is 14.3 Å². The van der Waals surface area contributed by atoms with Crippen molar-refractivity contribution in [2.24, 2.45) is 0 Å². The van der Waals surface area contributed by atoms with Crippen LogP contribution in [0.5, 0.6) is 5.88 Å². The van der Waals surface area contributed by atoms with Crippen LogP contribution in [0.4, 0.5) is 4.39 Å². The number of nitrogens with zero attached hydrogens (tertiary/aromatic N) is 2. The summed E-state index contributed by atoms with van der Waals surface area (Å²) in [5, 5.41) is 14.7. The standard InChI is InChI=1S/C21H18FN3O3/c22-15-7-9-16(10-8-15)25-20(18(13-24-25)21(26)27)28-11-3-4-14-12-23-19-6-2-1-5-17(14)19/h1-2,5-10,12-13,23H,3-4,11H2,(H,26,27). The molecule has 4 rings (SSSR count). The summed E-state index contributed by atoms with van der Waals surface area (Å²) in [5.41, 5.74) is 2.77. The summed E-state index contributed by atoms with van der Waals surface area (Å²) in [7, 11) is 0. The average molecular weight is 379 g/mol. The fourth-order valence-electron chi connectivity index (χ4n) is 3.16. The van der Waals surface area contributed by atoms with Gasteiger partial charge in [0, 0.05) is 17.1 Å². The van der Waals surface area contributed by atoms with Gasteiger partial charge in [-0.25, -0.2) is 13.9 Å². The zero-order valence-electron chi connectivity index (χ0n) is 14.9. The van der Waals surface area contributed by atoms with Crippen LogP contribution in [0.15, 0.2) is 60.9 Å². The van der Waals surface area contributed by atoms with E-state index in [1.165, 1.54) is 46.1 Å². The molecule has 2 N–H and O–H groups in total. The van der Waals surface area contributed by atoms with Crippen LogP contribution in [0, 0.1) is 5.82 Å². The van der Waals surface area contributed by atoms with Crippen molar-refractivity contribution in [2.75, 3.05) is 6.61 Å². The van der Waals surface area contributed by atoms with Crippen LogP contribution < -0.4 is 4.74 Å². The summed E-state index contributed by atoms with van der Waals surface area (Å²) >= 11 is 0. The molecular formula is C21H18FN3O3. The summed E-state index contributed by atoms with van der Waals surface area (Å²) in [5.74, 6) is -1.37. The van der Waals surface area contributed by atoms with Crippen molar-refractivity contribution in [3.05, 3.63) is 77.9 Å². The largest absolute Gasteiger partial charge is 0.477 e. The predicted octanol–water partition coefficient (Wildman–Crippen LogP) is 4.20. The number of hydrogen-bond donors (Lipinski definition) is 2. The number of halogens is 1. The Morgan fingerprint density at radius 1 is 1.18 bits per heavy atom. The van der Waals surface area contributed by atoms with Crippen LogP contribution in [0.2, 0.25) is 0 Å². The predicted molar refractivity (Wildman–Crippen MR) is 103 cm³/mol. The summed E-state index contributed by atoms with van der Waals surface area (Å²) in [6.07, 6.45) is 4.71. The van der Waals surface area contributed by atoms with Crippen molar-refractivity contribution in [3.8, 4) is 11.6 Å². The van der Waals surface area contributed by atoms with Crippen LogP contribution >= 0.6 is 0 Å². The lowest BCUT2D eigenvalue weighted by molar-refractivity contribution is 0.0692. The molecule has 0 atom stereocenters. The number of carboxylic acids is 1. The number of nitrogens with one attached hydrogen (secondary N) is 1. The lowest BCUT2D eigenvalue weighted by Gasteiger charge is -2.10. The van der Waals surface area contributed by atoms with E-state index in [2.05, 4.69) is 16.1 Å². The molecule has 0 bridgehead atoms. The summed E-state index contributed by atoms with van der Waals surface area (Å²) < 4.78 is 20.3. The molecule has 0 fully saturated rings. The molecule has 0 aliphatic carbocycles. The Morgan fingerprint density at radius 2 is 1.96 bits per heavy atom. The lowest BCUT2D eigenvalue weighted by atomic mass is 10.1. The number of rotatable bonds is 7. The van der Waals surface area contributed by atoms with Gasteiger partial charge in [-0.05, 0) is 48.7 Å². The molecule has 2 heterocycles. The van der Waals surface area contributed by atoms with Gasteiger partial charge >= 0.3 is 5.97 Å². The third-order valence-electron chi connectivity index (χ3n) is 4.53. The summed E-state index contributed by atoms with van der Waals surface area (Å²) in [4.78, 5) is 14.7. The molecule has 0 spiro atoms. The topological polar surface area (TPSA) is 80.1 Å². The van der Waals surface area contributed by atoms with Crippen molar-refractivity contribution < 1.29 is 19.0 Å². The summed E-state index contributed by atoms with van der Waals surface area (Å²) in [6, 6.07) is 13.7. The number of carbonyl (C=O) groups is 1. The first kappa shape index (κ1) is 17.8. The Labute approximate surface area is 160 Å². The van der Waals surface area contributed by atoms with Gasteiger partial charge < -0.3 is 14.8 Å². The fraction of sp³-hybridized carbons (Fsp3) is 0.143. The molecule has 4 aromatic rings. The first-order chi connectivity index (χ1) is 13.6. The number of aromatic carboxylic acids is 1. The maximum absolute atomic E-state index is 13.2. The third kappa shape index (κ3) is 3.46. The van der Waals surface area contributed by atoms with Gasteiger partial charge in [-0.3, -0.25) is 0 Å². The van der Waals surface area contributed by atoms with Gasteiger partial charge in [-0.1, -0.05) is 18.2 Å². The van der Waals surface area contributed by atoms with E-state index in [1.807, 2.05) is 24.4 Å². The molecule has 2 aromatic heterocycles. The molecular weight excluding hydrogens is 361 g/mol. The summed E-state index contributed by atoms with van der Waals surface area (Å²) in [6.45, 7) is 0.326. The minimum Gasteiger partial charge on any atom is -0.477 e. The highest BCUT2D eigenvalue weighted by Gasteiger charge is 2.19. The SMILES string of the molecule is O=C(O)c1cnn(-c2ccc(F)cc2)c1OCCCc1c[nH]c2ccccc12. The molecule has 7 heteroatoms. The van der Waals surface area contributed by atoms with Gasteiger partial charge in [0.15, 0.2) is 0 Å². The molecule has 0 saturated heterocycles. The first-order valence-electron chi connectivity index (χ1n) is 8.88. The van der Waals surface area contributed by atoms with Crippen molar-refractivity contribution in [1.82, 2.24) is 14.8 Å². The van der Waals surface area contributed by atoms with Gasteiger partial charge in [0.1, 0.15) is 11.4 Å². The number of benzene rings is 2. The Balaban J connectivity index is 1.48. The average Bonchev–Trinajstić information content (AvgIpc) is 3.30. The second kappa shape index (κ2) is 7.56. The van der Waals surface area contributed by atoms with Gasteiger partial charge in [-0.2, -0.15) is 5.10 Å². The zero-order chi connectivity index (χ0) is 19.5. The van der Waals surface area contributed by atoms with E-state index >= 15 is 0 Å². The highest BCUT2D eigenvalue weighted by molar-refractivity contribution is 5.90. The molecule has 0 amide bonds.